The van der Waals surface area contributed by atoms with E-state index in [1.165, 1.54) is 6.07 Å². The maximum atomic E-state index is 13.5. The van der Waals surface area contributed by atoms with Crippen LogP contribution in [0.2, 0.25) is 0 Å². The number of nitrogens with two attached hydrogens (primary N) is 1. The smallest absolute Gasteiger partial charge is 0.153 e. The molecule has 0 aliphatic carbocycles. The Morgan fingerprint density at radius 1 is 1.17 bits per heavy atom. The maximum absolute atomic E-state index is 13.5. The van der Waals surface area contributed by atoms with Crippen LogP contribution in [0.3, 0.4) is 0 Å². The van der Waals surface area contributed by atoms with E-state index in [4.69, 9.17) is 10.5 Å². The summed E-state index contributed by atoms with van der Waals surface area (Å²) in [5.74, 6) is 0.717. The Kier molecular flexibility index (Phi) is 3.75. The monoisotopic (exact) mass is 357 g/mol. The summed E-state index contributed by atoms with van der Waals surface area (Å²) in [6.07, 6.45) is 0. The average molecular weight is 357 g/mol. The van der Waals surface area contributed by atoms with Gasteiger partial charge in [0, 0.05) is 6.07 Å². The maximum Gasteiger partial charge on any atom is 0.153 e. The van der Waals surface area contributed by atoms with E-state index < -0.39 is 0 Å². The quantitative estimate of drug-likeness (QED) is 0.638. The molecule has 2 nitrogen and oxygen atoms in total. The Morgan fingerprint density at radius 3 is 2.61 bits per heavy atom. The molecule has 2 rings (SSSR count). The number of anilines is 1. The molecule has 0 aromatic heterocycles. The van der Waals surface area contributed by atoms with Gasteiger partial charge in [0.1, 0.15) is 11.6 Å². The lowest BCUT2D eigenvalue weighted by Gasteiger charge is -2.12. The Labute approximate surface area is 119 Å². The highest BCUT2D eigenvalue weighted by molar-refractivity contribution is 14.1. The van der Waals surface area contributed by atoms with Crippen LogP contribution in [-0.4, -0.2) is 0 Å². The van der Waals surface area contributed by atoms with Crippen molar-refractivity contribution in [1.82, 2.24) is 0 Å². The number of halogens is 2. The predicted octanol–water partition coefficient (Wildman–Crippen LogP) is 4.42. The van der Waals surface area contributed by atoms with Crippen LogP contribution in [0.5, 0.6) is 11.5 Å². The van der Waals surface area contributed by atoms with Gasteiger partial charge in [0.25, 0.3) is 0 Å². The normalized spacial score (nSPS) is 10.4. The van der Waals surface area contributed by atoms with Gasteiger partial charge in [-0.15, -0.1) is 0 Å². The van der Waals surface area contributed by atoms with E-state index in [0.717, 1.165) is 11.1 Å². The van der Waals surface area contributed by atoms with E-state index in [9.17, 15) is 4.39 Å². The summed E-state index contributed by atoms with van der Waals surface area (Å²) in [5, 5.41) is 0. The standard InChI is InChI=1S/C14H13FINO/c1-8-4-3-5-13(9(8)2)18-14-6-10(15)11(16)7-12(14)17/h3-7H,17H2,1-2H3. The molecule has 0 heterocycles. The lowest BCUT2D eigenvalue weighted by Crippen LogP contribution is -1.96. The largest absolute Gasteiger partial charge is 0.455 e. The van der Waals surface area contributed by atoms with Crippen LogP contribution in [0.25, 0.3) is 0 Å². The third-order valence-electron chi connectivity index (χ3n) is 2.83. The van der Waals surface area contributed by atoms with E-state index in [-0.39, 0.29) is 5.82 Å². The van der Waals surface area contributed by atoms with E-state index in [2.05, 4.69) is 0 Å². The molecule has 94 valence electrons. The number of rotatable bonds is 2. The first-order valence-corrected chi connectivity index (χ1v) is 6.55. The molecule has 0 spiro atoms. The zero-order valence-corrected chi connectivity index (χ0v) is 12.3. The van der Waals surface area contributed by atoms with Gasteiger partial charge in [0.05, 0.1) is 9.26 Å². The Hall–Kier alpha value is -1.30. The summed E-state index contributed by atoms with van der Waals surface area (Å²) in [6.45, 7) is 3.96. The highest BCUT2D eigenvalue weighted by atomic mass is 127. The highest BCUT2D eigenvalue weighted by Crippen LogP contribution is 2.32. The molecule has 2 aromatic carbocycles. The van der Waals surface area contributed by atoms with Crippen LogP contribution >= 0.6 is 22.6 Å². The second-order valence-electron chi connectivity index (χ2n) is 4.10. The molecular weight excluding hydrogens is 344 g/mol. The molecule has 0 saturated heterocycles. The molecule has 0 aliphatic rings. The van der Waals surface area contributed by atoms with Crippen molar-refractivity contribution in [2.24, 2.45) is 0 Å². The third kappa shape index (κ3) is 2.58. The molecule has 2 N–H and O–H groups in total. The molecule has 0 radical (unpaired) electrons. The topological polar surface area (TPSA) is 35.2 Å². The van der Waals surface area contributed by atoms with Crippen molar-refractivity contribution in [2.45, 2.75) is 13.8 Å². The summed E-state index contributed by atoms with van der Waals surface area (Å²) in [6, 6.07) is 8.63. The fourth-order valence-electron chi connectivity index (χ4n) is 1.59. The molecule has 18 heavy (non-hydrogen) atoms. The fourth-order valence-corrected chi connectivity index (χ4v) is 2.08. The first-order chi connectivity index (χ1) is 8.49. The number of benzene rings is 2. The minimum absolute atomic E-state index is 0.329. The van der Waals surface area contributed by atoms with E-state index in [0.29, 0.717) is 20.8 Å². The van der Waals surface area contributed by atoms with Crippen LogP contribution in [0.4, 0.5) is 10.1 Å². The second-order valence-corrected chi connectivity index (χ2v) is 5.27. The molecule has 0 fully saturated rings. The summed E-state index contributed by atoms with van der Waals surface area (Å²) in [7, 11) is 0. The van der Waals surface area contributed by atoms with E-state index >= 15 is 0 Å². The van der Waals surface area contributed by atoms with Crippen molar-refractivity contribution in [1.29, 1.82) is 0 Å². The number of hydrogen-bond donors (Lipinski definition) is 1. The highest BCUT2D eigenvalue weighted by Gasteiger charge is 2.10. The SMILES string of the molecule is Cc1cccc(Oc2cc(F)c(I)cc2N)c1C. The van der Waals surface area contributed by atoms with Gasteiger partial charge in [0.15, 0.2) is 5.75 Å². The molecule has 0 aliphatic heterocycles. The van der Waals surface area contributed by atoms with Gasteiger partial charge in [-0.2, -0.15) is 0 Å². The Morgan fingerprint density at radius 2 is 1.89 bits per heavy atom. The zero-order chi connectivity index (χ0) is 13.3. The molecule has 0 bridgehead atoms. The van der Waals surface area contributed by atoms with Crippen LogP contribution in [-0.2, 0) is 0 Å². The zero-order valence-electron chi connectivity index (χ0n) is 10.1. The van der Waals surface area contributed by atoms with E-state index in [1.807, 2.05) is 54.6 Å². The van der Waals surface area contributed by atoms with E-state index in [1.54, 1.807) is 6.07 Å². The van der Waals surface area contributed by atoms with Gasteiger partial charge in [-0.05, 0) is 59.7 Å². The third-order valence-corrected chi connectivity index (χ3v) is 3.65. The van der Waals surface area contributed by atoms with Crippen LogP contribution in [0.1, 0.15) is 11.1 Å². The number of aryl methyl sites for hydroxylation is 1. The molecule has 0 saturated carbocycles. The molecular formula is C14H13FINO. The van der Waals surface area contributed by atoms with Crippen molar-refractivity contribution in [3.05, 3.63) is 50.8 Å². The van der Waals surface area contributed by atoms with Gasteiger partial charge in [-0.3, -0.25) is 0 Å². The Bertz CT molecular complexity index is 599. The fraction of sp³-hybridized carbons (Fsp3) is 0.143. The van der Waals surface area contributed by atoms with Crippen molar-refractivity contribution >= 4 is 28.3 Å². The lowest BCUT2D eigenvalue weighted by atomic mass is 10.1. The number of hydrogen-bond acceptors (Lipinski definition) is 2. The molecule has 2 aromatic rings. The van der Waals surface area contributed by atoms with Crippen molar-refractivity contribution in [3.63, 3.8) is 0 Å². The van der Waals surface area contributed by atoms with Crippen LogP contribution < -0.4 is 10.5 Å². The Balaban J connectivity index is 2.40. The lowest BCUT2D eigenvalue weighted by molar-refractivity contribution is 0.474. The summed E-state index contributed by atoms with van der Waals surface area (Å²) < 4.78 is 19.7. The van der Waals surface area contributed by atoms with Crippen molar-refractivity contribution < 1.29 is 9.13 Å². The molecule has 4 heteroatoms. The first-order valence-electron chi connectivity index (χ1n) is 5.47. The summed E-state index contributed by atoms with van der Waals surface area (Å²) >= 11 is 1.90. The average Bonchev–Trinajstić information content (AvgIpc) is 2.32. The van der Waals surface area contributed by atoms with Crippen LogP contribution in [0.15, 0.2) is 30.3 Å². The minimum Gasteiger partial charge on any atom is -0.455 e. The summed E-state index contributed by atoms with van der Waals surface area (Å²) in [5.41, 5.74) is 8.41. The van der Waals surface area contributed by atoms with Gasteiger partial charge in [-0.1, -0.05) is 12.1 Å². The van der Waals surface area contributed by atoms with Gasteiger partial charge >= 0.3 is 0 Å². The predicted molar refractivity (Wildman–Crippen MR) is 79.5 cm³/mol. The minimum atomic E-state index is -0.329. The molecule has 0 unspecified atom stereocenters. The summed E-state index contributed by atoms with van der Waals surface area (Å²) in [4.78, 5) is 0. The molecule has 0 amide bonds. The number of ether oxygens (including phenoxy) is 1. The van der Waals surface area contributed by atoms with Gasteiger partial charge in [0.2, 0.25) is 0 Å². The van der Waals surface area contributed by atoms with Crippen molar-refractivity contribution in [2.75, 3.05) is 5.73 Å². The second kappa shape index (κ2) is 5.14. The van der Waals surface area contributed by atoms with Crippen LogP contribution in [0, 0.1) is 23.2 Å². The van der Waals surface area contributed by atoms with Crippen molar-refractivity contribution in [3.8, 4) is 11.5 Å². The first kappa shape index (κ1) is 13.1. The van der Waals surface area contributed by atoms with Gasteiger partial charge in [-0.25, -0.2) is 4.39 Å². The van der Waals surface area contributed by atoms with Gasteiger partial charge < -0.3 is 10.5 Å². The number of nitrogen functional groups attached to an aromatic ring is 1. The molecule has 0 atom stereocenters.